The van der Waals surface area contributed by atoms with Gasteiger partial charge in [-0.2, -0.15) is 0 Å². The van der Waals surface area contributed by atoms with Crippen LogP contribution in [0.3, 0.4) is 0 Å². The average molecular weight is 123 g/mol. The topological polar surface area (TPSA) is 66.4 Å². The van der Waals surface area contributed by atoms with E-state index in [1.54, 1.807) is 0 Å². The molecule has 0 aliphatic heterocycles. The van der Waals surface area contributed by atoms with Gasteiger partial charge >= 0.3 is 0 Å². The molecule has 0 saturated carbocycles. The van der Waals surface area contributed by atoms with Gasteiger partial charge in [0.15, 0.2) is 0 Å². The summed E-state index contributed by atoms with van der Waals surface area (Å²) in [7, 11) is 0. The maximum atomic E-state index is 9.38. The van der Waals surface area contributed by atoms with Gasteiger partial charge in [-0.15, -0.1) is 0 Å². The minimum atomic E-state index is -2.55. The number of carbonyl (C=O) groups is 1. The summed E-state index contributed by atoms with van der Waals surface area (Å²) in [5.41, 5.74) is 0. The first-order chi connectivity index (χ1) is 3.27. The predicted octanol–water partition coefficient (Wildman–Crippen LogP) is -1.00. The summed E-state index contributed by atoms with van der Waals surface area (Å²) in [6, 6.07) is 0. The molecule has 0 fully saturated rings. The molecule has 0 radical (unpaired) electrons. The van der Waals surface area contributed by atoms with Gasteiger partial charge in [-0.25, -0.2) is 4.21 Å². The van der Waals surface area contributed by atoms with Crippen molar-refractivity contribution >= 4 is 17.6 Å². The van der Waals surface area contributed by atoms with E-state index < -0.39 is 18.0 Å². The molecule has 0 rings (SSSR count). The second-order valence-corrected chi connectivity index (χ2v) is 1.30. The molecule has 0 heterocycles. The fraction of sp³-hybridized carbons (Fsp3) is 0.500. The van der Waals surface area contributed by atoms with Crippen LogP contribution < -0.4 is 0 Å². The van der Waals surface area contributed by atoms with E-state index in [1.807, 2.05) is 0 Å². The quantitative estimate of drug-likeness (QED) is 0.356. The third-order valence-corrected chi connectivity index (χ3v) is 0.561. The van der Waals surface area contributed by atoms with Crippen molar-refractivity contribution in [3.63, 3.8) is 0 Å². The van der Waals surface area contributed by atoms with Crippen molar-refractivity contribution in [2.45, 2.75) is 0 Å². The summed E-state index contributed by atoms with van der Waals surface area (Å²) in [5.74, 6) is 0. The molecule has 1 atom stereocenters. The number of rotatable bonds is 3. The lowest BCUT2D eigenvalue weighted by Gasteiger charge is -1.98. The molecule has 7 heavy (non-hydrogen) atoms. The fourth-order valence-electron chi connectivity index (χ4n) is 0.0833. The zero-order chi connectivity index (χ0) is 5.70. The van der Waals surface area contributed by atoms with E-state index in [2.05, 4.69) is 4.18 Å². The van der Waals surface area contributed by atoms with E-state index in [9.17, 15) is 13.6 Å². The average Bonchev–Trinajstić information content (AvgIpc) is 1.61. The van der Waals surface area contributed by atoms with Crippen LogP contribution in [0.25, 0.3) is 0 Å². The molecule has 0 amide bonds. The van der Waals surface area contributed by atoms with Gasteiger partial charge in [-0.1, -0.05) is 0 Å². The summed E-state index contributed by atoms with van der Waals surface area (Å²) in [5, 5.41) is 0. The Labute approximate surface area is 43.0 Å². The lowest BCUT2D eigenvalue weighted by Crippen LogP contribution is -1.97. The van der Waals surface area contributed by atoms with Gasteiger partial charge in [0.25, 0.3) is 0 Å². The van der Waals surface area contributed by atoms with E-state index in [1.165, 1.54) is 0 Å². The molecule has 5 heteroatoms. The van der Waals surface area contributed by atoms with Crippen LogP contribution in [-0.2, 0) is 20.3 Å². The van der Waals surface area contributed by atoms with Crippen LogP contribution in [0.15, 0.2) is 0 Å². The normalized spacial score (nSPS) is 13.3. The summed E-state index contributed by atoms with van der Waals surface area (Å²) in [6.45, 7) is -0.393. The van der Waals surface area contributed by atoms with Crippen molar-refractivity contribution in [3.05, 3.63) is 0 Å². The van der Waals surface area contributed by atoms with Crippen molar-refractivity contribution in [3.8, 4) is 0 Å². The fourth-order valence-corrected chi connectivity index (χ4v) is 0.250. The monoisotopic (exact) mass is 123 g/mol. The largest absolute Gasteiger partial charge is 0.750 e. The molecule has 0 saturated heterocycles. The van der Waals surface area contributed by atoms with Gasteiger partial charge in [0, 0.05) is 0 Å². The Morgan fingerprint density at radius 3 is 2.57 bits per heavy atom. The molecule has 42 valence electrons. The molecule has 0 aliphatic rings. The van der Waals surface area contributed by atoms with E-state index in [-0.39, 0.29) is 0 Å². The Hall–Kier alpha value is -0.260. The molecule has 4 nitrogen and oxygen atoms in total. The molecule has 0 aromatic heterocycles. The van der Waals surface area contributed by atoms with Crippen molar-refractivity contribution in [2.75, 3.05) is 6.61 Å². The molecule has 0 bridgehead atoms. The van der Waals surface area contributed by atoms with Crippen LogP contribution in [0.1, 0.15) is 0 Å². The Balaban J connectivity index is 2.97. The highest BCUT2D eigenvalue weighted by Gasteiger charge is 1.77. The third kappa shape index (κ3) is 5.74. The molecule has 0 spiro atoms. The third-order valence-electron chi connectivity index (χ3n) is 0.232. The first-order valence-corrected chi connectivity index (χ1v) is 2.43. The van der Waals surface area contributed by atoms with Gasteiger partial charge in [0.05, 0.1) is 11.4 Å². The van der Waals surface area contributed by atoms with E-state index in [0.717, 1.165) is 0 Å². The van der Waals surface area contributed by atoms with Crippen LogP contribution in [0, 0.1) is 0 Å². The van der Waals surface area contributed by atoms with E-state index >= 15 is 0 Å². The predicted molar refractivity (Wildman–Crippen MR) is 20.9 cm³/mol. The second kappa shape index (κ2) is 3.91. The molecule has 1 unspecified atom stereocenters. The van der Waals surface area contributed by atoms with E-state index in [4.69, 9.17) is 0 Å². The standard InChI is InChI=1S/C2H4O4S/c3-1-2-6-7(4)5/h1H,2H2,(H,4,5)/p-1. The van der Waals surface area contributed by atoms with E-state index in [0.29, 0.717) is 6.29 Å². The molecule has 0 aromatic rings. The highest BCUT2D eigenvalue weighted by molar-refractivity contribution is 7.74. The summed E-state index contributed by atoms with van der Waals surface area (Å²) in [6.07, 6.45) is 0.357. The Kier molecular flexibility index (Phi) is 3.77. The lowest BCUT2D eigenvalue weighted by molar-refractivity contribution is -0.109. The van der Waals surface area contributed by atoms with Crippen LogP contribution in [0.5, 0.6) is 0 Å². The first kappa shape index (κ1) is 6.74. The maximum absolute atomic E-state index is 9.38. The highest BCUT2D eigenvalue weighted by Crippen LogP contribution is 1.71. The Bertz CT molecular complexity index is 79.8. The van der Waals surface area contributed by atoms with Crippen molar-refractivity contribution < 1.29 is 17.7 Å². The molecular formula is C2H3O4S-. The van der Waals surface area contributed by atoms with Crippen molar-refractivity contribution in [1.29, 1.82) is 0 Å². The minimum Gasteiger partial charge on any atom is -0.750 e. The van der Waals surface area contributed by atoms with Crippen molar-refractivity contribution in [1.82, 2.24) is 0 Å². The lowest BCUT2D eigenvalue weighted by atomic mass is 10.9. The molecule has 0 N–H and O–H groups in total. The van der Waals surface area contributed by atoms with Gasteiger partial charge in [0.1, 0.15) is 12.9 Å². The Morgan fingerprint density at radius 1 is 1.86 bits per heavy atom. The summed E-state index contributed by atoms with van der Waals surface area (Å²) < 4.78 is 22.5. The van der Waals surface area contributed by atoms with Crippen LogP contribution in [0.2, 0.25) is 0 Å². The molecule has 0 aromatic carbocycles. The number of hydrogen-bond acceptors (Lipinski definition) is 4. The number of hydrogen-bond donors (Lipinski definition) is 0. The smallest absolute Gasteiger partial charge is 0.147 e. The number of aldehydes is 1. The zero-order valence-corrected chi connectivity index (χ0v) is 4.14. The van der Waals surface area contributed by atoms with Gasteiger partial charge < -0.3 is 9.35 Å². The first-order valence-electron chi connectivity index (χ1n) is 1.43. The summed E-state index contributed by atoms with van der Waals surface area (Å²) >= 11 is -2.55. The summed E-state index contributed by atoms with van der Waals surface area (Å²) in [4.78, 5) is 9.31. The van der Waals surface area contributed by atoms with Gasteiger partial charge in [-0.05, 0) is 0 Å². The number of carbonyl (C=O) groups excluding carboxylic acids is 1. The minimum absolute atomic E-state index is 0.357. The molecular weight excluding hydrogens is 120 g/mol. The Morgan fingerprint density at radius 2 is 2.43 bits per heavy atom. The van der Waals surface area contributed by atoms with Gasteiger partial charge in [0.2, 0.25) is 0 Å². The SMILES string of the molecule is O=CCOS(=O)[O-]. The maximum Gasteiger partial charge on any atom is 0.147 e. The van der Waals surface area contributed by atoms with Crippen LogP contribution in [0.4, 0.5) is 0 Å². The van der Waals surface area contributed by atoms with Crippen LogP contribution in [-0.4, -0.2) is 21.7 Å². The van der Waals surface area contributed by atoms with Crippen LogP contribution >= 0.6 is 0 Å². The second-order valence-electron chi connectivity index (χ2n) is 0.655. The molecule has 0 aliphatic carbocycles. The van der Waals surface area contributed by atoms with Gasteiger partial charge in [-0.3, -0.25) is 4.18 Å². The highest BCUT2D eigenvalue weighted by atomic mass is 32.2. The van der Waals surface area contributed by atoms with Crippen molar-refractivity contribution in [2.24, 2.45) is 0 Å². The zero-order valence-electron chi connectivity index (χ0n) is 3.33.